The first-order valence-corrected chi connectivity index (χ1v) is 8.65. The molecule has 1 aromatic rings. The topological polar surface area (TPSA) is 108 Å². The van der Waals surface area contributed by atoms with E-state index in [1.165, 1.54) is 11.3 Å². The van der Waals surface area contributed by atoms with Crippen molar-refractivity contribution in [3.63, 3.8) is 0 Å². The largest absolute Gasteiger partial charge is 0.480 e. The normalized spacial score (nSPS) is 12.8. The Morgan fingerprint density at radius 1 is 1.29 bits per heavy atom. The van der Waals surface area contributed by atoms with E-state index >= 15 is 0 Å². The molecule has 7 nitrogen and oxygen atoms in total. The minimum absolute atomic E-state index is 0.0240. The summed E-state index contributed by atoms with van der Waals surface area (Å²) in [5.74, 6) is -1.45. The molecule has 0 aliphatic heterocycles. The molecule has 3 N–H and O–H groups in total. The molecule has 1 rings (SSSR count). The zero-order chi connectivity index (χ0) is 18.5. The van der Waals surface area contributed by atoms with E-state index in [4.69, 9.17) is 5.11 Å². The third-order valence-electron chi connectivity index (χ3n) is 3.14. The Balaban J connectivity index is 2.62. The van der Waals surface area contributed by atoms with Gasteiger partial charge in [0, 0.05) is 10.8 Å². The van der Waals surface area contributed by atoms with Crippen molar-refractivity contribution in [1.29, 1.82) is 0 Å². The summed E-state index contributed by atoms with van der Waals surface area (Å²) in [6, 6.07) is -0.906. The Morgan fingerprint density at radius 3 is 2.42 bits per heavy atom. The maximum Gasteiger partial charge on any atom is 0.326 e. The number of amides is 2. The molecule has 1 atom stereocenters. The lowest BCUT2D eigenvalue weighted by Gasteiger charge is -2.16. The maximum absolute atomic E-state index is 12.0. The number of aromatic nitrogens is 1. The molecule has 24 heavy (non-hydrogen) atoms. The highest BCUT2D eigenvalue weighted by Gasteiger charge is 2.23. The summed E-state index contributed by atoms with van der Waals surface area (Å²) in [5.41, 5.74) is -0.0372. The molecule has 134 valence electrons. The van der Waals surface area contributed by atoms with Gasteiger partial charge in [-0.2, -0.15) is 0 Å². The van der Waals surface area contributed by atoms with Gasteiger partial charge in [0.25, 0.3) is 0 Å². The number of hydrogen-bond donors (Lipinski definition) is 3. The number of carboxylic acids is 1. The van der Waals surface area contributed by atoms with Gasteiger partial charge in [-0.3, -0.25) is 9.59 Å². The van der Waals surface area contributed by atoms with Gasteiger partial charge in [-0.15, -0.1) is 11.3 Å². The molecule has 1 unspecified atom stereocenters. The molecule has 8 heteroatoms. The number of nitrogens with zero attached hydrogens (tertiary/aromatic N) is 1. The molecule has 1 heterocycles. The van der Waals surface area contributed by atoms with Crippen LogP contribution in [0.3, 0.4) is 0 Å². The highest BCUT2D eigenvalue weighted by molar-refractivity contribution is 7.13. The summed E-state index contributed by atoms with van der Waals surface area (Å²) in [5, 5.41) is 16.5. The zero-order valence-corrected chi connectivity index (χ0v) is 15.5. The lowest BCUT2D eigenvalue weighted by molar-refractivity contribution is -0.142. The number of hydrogen-bond acceptors (Lipinski definition) is 5. The predicted molar refractivity (Wildman–Crippen MR) is 92.9 cm³/mol. The molecule has 0 radical (unpaired) electrons. The third-order valence-corrected chi connectivity index (χ3v) is 3.94. The van der Waals surface area contributed by atoms with Crippen molar-refractivity contribution in [1.82, 2.24) is 10.3 Å². The molecule has 0 aliphatic rings. The molecule has 2 amide bonds. The zero-order valence-electron chi connectivity index (χ0n) is 14.7. The van der Waals surface area contributed by atoms with E-state index in [-0.39, 0.29) is 18.2 Å². The van der Waals surface area contributed by atoms with Gasteiger partial charge < -0.3 is 15.7 Å². The fraction of sp³-hybridized carbons (Fsp3) is 0.625. The van der Waals surface area contributed by atoms with Crippen molar-refractivity contribution in [2.75, 3.05) is 5.32 Å². The van der Waals surface area contributed by atoms with Gasteiger partial charge in [-0.05, 0) is 12.3 Å². The molecule has 0 saturated heterocycles. The number of thiazole rings is 1. The standard InChI is InChI=1S/C16H25N3O4S/c1-9(2)6-11(13(21)22)18-12(20)7-10-8-24-15(17-10)19-14(23)16(3,4)5/h8-9,11H,6-7H2,1-5H3,(H,18,20)(H,21,22)(H,17,19,23). The highest BCUT2D eigenvalue weighted by atomic mass is 32.1. The van der Waals surface area contributed by atoms with E-state index in [9.17, 15) is 14.4 Å². The number of aliphatic carboxylic acids is 1. The van der Waals surface area contributed by atoms with Crippen LogP contribution in [0.15, 0.2) is 5.38 Å². The SMILES string of the molecule is CC(C)CC(NC(=O)Cc1csc(NC(=O)C(C)(C)C)n1)C(=O)O. The van der Waals surface area contributed by atoms with Crippen LogP contribution in [0, 0.1) is 11.3 Å². The van der Waals surface area contributed by atoms with Crippen LogP contribution in [-0.2, 0) is 20.8 Å². The summed E-state index contributed by atoms with van der Waals surface area (Å²) in [7, 11) is 0. The van der Waals surface area contributed by atoms with Crippen LogP contribution in [0.25, 0.3) is 0 Å². The van der Waals surface area contributed by atoms with E-state index < -0.39 is 23.3 Å². The number of nitrogens with one attached hydrogen (secondary N) is 2. The van der Waals surface area contributed by atoms with E-state index in [0.717, 1.165) is 0 Å². The fourth-order valence-corrected chi connectivity index (χ4v) is 2.54. The second-order valence-corrected chi connectivity index (χ2v) is 7.97. The highest BCUT2D eigenvalue weighted by Crippen LogP contribution is 2.20. The van der Waals surface area contributed by atoms with Gasteiger partial charge in [-0.25, -0.2) is 9.78 Å². The molecule has 0 fully saturated rings. The minimum atomic E-state index is -1.05. The molecule has 0 bridgehead atoms. The molecule has 0 aromatic carbocycles. The van der Waals surface area contributed by atoms with Crippen molar-refractivity contribution in [3.8, 4) is 0 Å². The quantitative estimate of drug-likeness (QED) is 0.695. The lowest BCUT2D eigenvalue weighted by atomic mass is 9.96. The molecule has 0 aliphatic carbocycles. The average Bonchev–Trinajstić information content (AvgIpc) is 2.83. The Labute approximate surface area is 145 Å². The van der Waals surface area contributed by atoms with Crippen LogP contribution in [-0.4, -0.2) is 33.9 Å². The van der Waals surface area contributed by atoms with Crippen LogP contribution < -0.4 is 10.6 Å². The van der Waals surface area contributed by atoms with Gasteiger partial charge in [0.05, 0.1) is 12.1 Å². The number of rotatable bonds is 7. The monoisotopic (exact) mass is 355 g/mol. The smallest absolute Gasteiger partial charge is 0.326 e. The first kappa shape index (κ1) is 20.1. The Morgan fingerprint density at radius 2 is 1.92 bits per heavy atom. The summed E-state index contributed by atoms with van der Waals surface area (Å²) in [4.78, 5) is 39.3. The summed E-state index contributed by atoms with van der Waals surface area (Å²) < 4.78 is 0. The maximum atomic E-state index is 12.0. The average molecular weight is 355 g/mol. The van der Waals surface area contributed by atoms with E-state index in [1.807, 2.05) is 13.8 Å². The minimum Gasteiger partial charge on any atom is -0.480 e. The fourth-order valence-electron chi connectivity index (χ4n) is 1.83. The molecule has 0 saturated carbocycles. The number of anilines is 1. The Bertz CT molecular complexity index is 605. The van der Waals surface area contributed by atoms with Crippen molar-refractivity contribution >= 4 is 34.3 Å². The van der Waals surface area contributed by atoms with Gasteiger partial charge in [-0.1, -0.05) is 34.6 Å². The van der Waals surface area contributed by atoms with Crippen LogP contribution in [0.2, 0.25) is 0 Å². The number of carbonyl (C=O) groups is 3. The first-order chi connectivity index (χ1) is 11.0. The number of carboxylic acid groups (broad SMARTS) is 1. The van der Waals surface area contributed by atoms with E-state index in [1.54, 1.807) is 26.2 Å². The van der Waals surface area contributed by atoms with Gasteiger partial charge >= 0.3 is 5.97 Å². The second kappa shape index (κ2) is 8.23. The first-order valence-electron chi connectivity index (χ1n) is 7.77. The molecular formula is C16H25N3O4S. The predicted octanol–water partition coefficient (Wildman–Crippen LogP) is 2.29. The van der Waals surface area contributed by atoms with E-state index in [2.05, 4.69) is 15.6 Å². The third kappa shape index (κ3) is 6.66. The Kier molecular flexibility index (Phi) is 6.89. The summed E-state index contributed by atoms with van der Waals surface area (Å²) in [6.45, 7) is 9.18. The van der Waals surface area contributed by atoms with Crippen LogP contribution >= 0.6 is 11.3 Å². The van der Waals surface area contributed by atoms with Crippen LogP contribution in [0.5, 0.6) is 0 Å². The van der Waals surface area contributed by atoms with Crippen LogP contribution in [0.4, 0.5) is 5.13 Å². The van der Waals surface area contributed by atoms with E-state index in [0.29, 0.717) is 17.2 Å². The van der Waals surface area contributed by atoms with Crippen LogP contribution in [0.1, 0.15) is 46.7 Å². The second-order valence-electron chi connectivity index (χ2n) is 7.11. The summed E-state index contributed by atoms with van der Waals surface area (Å²) in [6.07, 6.45) is 0.342. The van der Waals surface area contributed by atoms with Crippen molar-refractivity contribution in [2.24, 2.45) is 11.3 Å². The molecule has 0 spiro atoms. The van der Waals surface area contributed by atoms with Gasteiger partial charge in [0.2, 0.25) is 11.8 Å². The number of carbonyl (C=O) groups excluding carboxylic acids is 2. The van der Waals surface area contributed by atoms with Gasteiger partial charge in [0.15, 0.2) is 5.13 Å². The molecule has 1 aromatic heterocycles. The van der Waals surface area contributed by atoms with Crippen molar-refractivity contribution in [2.45, 2.75) is 53.5 Å². The van der Waals surface area contributed by atoms with Gasteiger partial charge in [0.1, 0.15) is 6.04 Å². The lowest BCUT2D eigenvalue weighted by Crippen LogP contribution is -2.42. The Hall–Kier alpha value is -1.96. The van der Waals surface area contributed by atoms with Crippen molar-refractivity contribution < 1.29 is 19.5 Å². The summed E-state index contributed by atoms with van der Waals surface area (Å²) >= 11 is 1.23. The van der Waals surface area contributed by atoms with Crippen molar-refractivity contribution in [3.05, 3.63) is 11.1 Å². The molecular weight excluding hydrogens is 330 g/mol.